The largest absolute Gasteiger partial charge is 0.454 e. The number of fused-ring (bicyclic) bond motifs is 1. The third kappa shape index (κ3) is 3.06. The van der Waals surface area contributed by atoms with Gasteiger partial charge in [0, 0.05) is 29.5 Å². The zero-order valence-corrected chi connectivity index (χ0v) is 17.0. The molecule has 1 aliphatic heterocycles. The fraction of sp³-hybridized carbons (Fsp3) is 0.400. The number of rotatable bonds is 7. The predicted molar refractivity (Wildman–Crippen MR) is 106 cm³/mol. The molecule has 1 aliphatic carbocycles. The molecule has 0 saturated heterocycles. The van der Waals surface area contributed by atoms with Crippen LogP contribution < -0.4 is 15.2 Å². The lowest BCUT2D eigenvalue weighted by molar-refractivity contribution is 0.101. The van der Waals surface area contributed by atoms with Crippen LogP contribution in [0.3, 0.4) is 0 Å². The number of benzene rings is 2. The van der Waals surface area contributed by atoms with E-state index in [1.165, 1.54) is 12.1 Å². The molecule has 2 aliphatic rings. The Bertz CT molecular complexity index is 979. The SMILES string of the molecule is CCOC[C@@]1(CN)[C@H](c2ccc3c(c2)OCO3)[C@@H]1S(=O)(=O)c1ccc(Cl)cc1. The number of halogens is 1. The van der Waals surface area contributed by atoms with E-state index in [2.05, 4.69) is 0 Å². The molecule has 6 nitrogen and oxygen atoms in total. The molecule has 28 heavy (non-hydrogen) atoms. The van der Waals surface area contributed by atoms with Crippen LogP contribution in [0.1, 0.15) is 18.4 Å². The minimum atomic E-state index is -3.63. The average Bonchev–Trinajstić information content (AvgIpc) is 3.15. The molecule has 2 aromatic rings. The zero-order chi connectivity index (χ0) is 19.9. The zero-order valence-electron chi connectivity index (χ0n) is 15.4. The van der Waals surface area contributed by atoms with Gasteiger partial charge in [-0.15, -0.1) is 0 Å². The first-order chi connectivity index (χ1) is 13.4. The summed E-state index contributed by atoms with van der Waals surface area (Å²) < 4.78 is 43.4. The lowest BCUT2D eigenvalue weighted by Gasteiger charge is -2.16. The molecule has 8 heteroatoms. The summed E-state index contributed by atoms with van der Waals surface area (Å²) in [5.41, 5.74) is 6.28. The van der Waals surface area contributed by atoms with Gasteiger partial charge in [-0.25, -0.2) is 8.42 Å². The maximum Gasteiger partial charge on any atom is 0.231 e. The molecule has 150 valence electrons. The molecule has 1 heterocycles. The first-order valence-electron chi connectivity index (χ1n) is 9.11. The fourth-order valence-electron chi connectivity index (χ4n) is 4.09. The Morgan fingerprint density at radius 3 is 2.57 bits per heavy atom. The van der Waals surface area contributed by atoms with Crippen molar-refractivity contribution < 1.29 is 22.6 Å². The van der Waals surface area contributed by atoms with Crippen molar-refractivity contribution in [2.45, 2.75) is 23.0 Å². The van der Waals surface area contributed by atoms with Crippen LogP contribution in [-0.4, -0.2) is 40.2 Å². The molecule has 0 unspecified atom stereocenters. The highest BCUT2D eigenvalue weighted by atomic mass is 35.5. The number of hydrogen-bond acceptors (Lipinski definition) is 6. The molecule has 0 spiro atoms. The van der Waals surface area contributed by atoms with Gasteiger partial charge in [-0.05, 0) is 48.9 Å². The van der Waals surface area contributed by atoms with E-state index in [0.29, 0.717) is 23.1 Å². The summed E-state index contributed by atoms with van der Waals surface area (Å²) in [6.45, 7) is 3.01. The number of nitrogens with two attached hydrogens (primary N) is 1. The lowest BCUT2D eigenvalue weighted by Crippen LogP contribution is -2.29. The van der Waals surface area contributed by atoms with Gasteiger partial charge in [0.2, 0.25) is 6.79 Å². The van der Waals surface area contributed by atoms with E-state index in [0.717, 1.165) is 5.56 Å². The van der Waals surface area contributed by atoms with Crippen LogP contribution >= 0.6 is 11.6 Å². The van der Waals surface area contributed by atoms with Crippen molar-refractivity contribution in [2.24, 2.45) is 11.1 Å². The van der Waals surface area contributed by atoms with Crippen LogP contribution in [0.25, 0.3) is 0 Å². The minimum Gasteiger partial charge on any atom is -0.454 e. The van der Waals surface area contributed by atoms with E-state index in [9.17, 15) is 8.42 Å². The Hall–Kier alpha value is -1.80. The summed E-state index contributed by atoms with van der Waals surface area (Å²) in [5, 5.41) is -0.195. The summed E-state index contributed by atoms with van der Waals surface area (Å²) in [6.07, 6.45) is 0. The van der Waals surface area contributed by atoms with E-state index in [4.69, 9.17) is 31.5 Å². The third-order valence-electron chi connectivity index (χ3n) is 5.57. The molecule has 4 rings (SSSR count). The van der Waals surface area contributed by atoms with Crippen LogP contribution in [-0.2, 0) is 14.6 Å². The normalized spacial score (nSPS) is 25.7. The first kappa shape index (κ1) is 19.5. The monoisotopic (exact) mass is 423 g/mol. The van der Waals surface area contributed by atoms with E-state index < -0.39 is 20.5 Å². The van der Waals surface area contributed by atoms with Gasteiger partial charge < -0.3 is 19.9 Å². The molecule has 0 amide bonds. The predicted octanol–water partition coefficient (Wildman–Crippen LogP) is 2.99. The highest BCUT2D eigenvalue weighted by molar-refractivity contribution is 7.92. The van der Waals surface area contributed by atoms with Gasteiger partial charge in [-0.2, -0.15) is 0 Å². The summed E-state index contributed by atoms with van der Waals surface area (Å²) in [4.78, 5) is 0.236. The molecule has 3 atom stereocenters. The Balaban J connectivity index is 1.75. The Morgan fingerprint density at radius 1 is 1.18 bits per heavy atom. The van der Waals surface area contributed by atoms with Crippen molar-refractivity contribution in [1.29, 1.82) is 0 Å². The summed E-state index contributed by atoms with van der Waals surface area (Å²) in [5.74, 6) is 0.985. The molecule has 0 bridgehead atoms. The van der Waals surface area contributed by atoms with Crippen LogP contribution in [0.15, 0.2) is 47.4 Å². The van der Waals surface area contributed by atoms with Crippen molar-refractivity contribution in [1.82, 2.24) is 0 Å². The van der Waals surface area contributed by atoms with Crippen LogP contribution in [0.2, 0.25) is 5.02 Å². The minimum absolute atomic E-state index is 0.164. The molecular formula is C20H22ClNO5S. The van der Waals surface area contributed by atoms with E-state index in [1.54, 1.807) is 12.1 Å². The van der Waals surface area contributed by atoms with E-state index in [1.807, 2.05) is 25.1 Å². The maximum atomic E-state index is 13.5. The summed E-state index contributed by atoms with van der Waals surface area (Å²) in [6, 6.07) is 11.8. The van der Waals surface area contributed by atoms with Crippen molar-refractivity contribution in [3.05, 3.63) is 53.1 Å². The Morgan fingerprint density at radius 2 is 1.89 bits per heavy atom. The molecule has 0 aromatic heterocycles. The van der Waals surface area contributed by atoms with Gasteiger partial charge in [-0.1, -0.05) is 17.7 Å². The number of ether oxygens (including phenoxy) is 3. The van der Waals surface area contributed by atoms with Crippen LogP contribution in [0.5, 0.6) is 11.5 Å². The number of sulfone groups is 1. The van der Waals surface area contributed by atoms with Crippen LogP contribution in [0, 0.1) is 5.41 Å². The Kier molecular flexibility index (Phi) is 5.03. The molecule has 2 N–H and O–H groups in total. The third-order valence-corrected chi connectivity index (χ3v) is 8.16. The lowest BCUT2D eigenvalue weighted by atomic mass is 9.99. The smallest absolute Gasteiger partial charge is 0.231 e. The van der Waals surface area contributed by atoms with Gasteiger partial charge in [0.25, 0.3) is 0 Å². The highest BCUT2D eigenvalue weighted by Gasteiger charge is 2.70. The number of hydrogen-bond donors (Lipinski definition) is 1. The van der Waals surface area contributed by atoms with Crippen LogP contribution in [0.4, 0.5) is 0 Å². The highest BCUT2D eigenvalue weighted by Crippen LogP contribution is 2.64. The van der Waals surface area contributed by atoms with Gasteiger partial charge in [0.15, 0.2) is 21.3 Å². The molecule has 1 saturated carbocycles. The standard InChI is InChI=1S/C20H22ClNO5S/c1-2-25-11-20(10-22)18(13-3-8-16-17(9-13)27-12-26-16)19(20)28(23,24)15-6-4-14(21)5-7-15/h3-9,18-19H,2,10-12,22H2,1H3/t18-,19+,20+/m1/s1. The van der Waals surface area contributed by atoms with Gasteiger partial charge >= 0.3 is 0 Å². The van der Waals surface area contributed by atoms with E-state index >= 15 is 0 Å². The quantitative estimate of drug-likeness (QED) is 0.736. The molecule has 1 fully saturated rings. The Labute approximate surface area is 169 Å². The van der Waals surface area contributed by atoms with Crippen molar-refractivity contribution in [2.75, 3.05) is 26.6 Å². The molecule has 2 aromatic carbocycles. The van der Waals surface area contributed by atoms with E-state index in [-0.39, 0.29) is 30.8 Å². The van der Waals surface area contributed by atoms with Crippen molar-refractivity contribution >= 4 is 21.4 Å². The summed E-state index contributed by atoms with van der Waals surface area (Å²) >= 11 is 5.93. The maximum absolute atomic E-state index is 13.5. The second-order valence-corrected chi connectivity index (χ2v) is 9.59. The second-order valence-electron chi connectivity index (χ2n) is 7.08. The van der Waals surface area contributed by atoms with Gasteiger partial charge in [-0.3, -0.25) is 0 Å². The summed E-state index contributed by atoms with van der Waals surface area (Å²) in [7, 11) is -3.63. The van der Waals surface area contributed by atoms with Crippen molar-refractivity contribution in [3.63, 3.8) is 0 Å². The second kappa shape index (κ2) is 7.22. The van der Waals surface area contributed by atoms with Crippen molar-refractivity contribution in [3.8, 4) is 11.5 Å². The van der Waals surface area contributed by atoms with Gasteiger partial charge in [0.05, 0.1) is 16.8 Å². The fourth-order valence-corrected chi connectivity index (χ4v) is 6.66. The molecule has 0 radical (unpaired) electrons. The molecular weight excluding hydrogens is 402 g/mol. The average molecular weight is 424 g/mol. The topological polar surface area (TPSA) is 87.8 Å². The first-order valence-corrected chi connectivity index (χ1v) is 11.0. The van der Waals surface area contributed by atoms with Gasteiger partial charge in [0.1, 0.15) is 0 Å².